The Kier molecular flexibility index (Phi) is 2.13. The molecule has 0 aromatic carbocycles. The minimum atomic E-state index is -0.161. The van der Waals surface area contributed by atoms with Gasteiger partial charge in [-0.25, -0.2) is 4.79 Å². The number of amides is 1. The Morgan fingerprint density at radius 2 is 2.44 bits per heavy atom. The largest absolute Gasteiger partial charge is 0.448 e. The van der Waals surface area contributed by atoms with Crippen molar-refractivity contribution in [2.75, 3.05) is 26.2 Å². The zero-order valence-electron chi connectivity index (χ0n) is 10.4. The van der Waals surface area contributed by atoms with Crippen LogP contribution in [0.5, 0.6) is 0 Å². The molecule has 3 fully saturated rings. The predicted octanol–water partition coefficient (Wildman–Crippen LogP) is 1.30. The summed E-state index contributed by atoms with van der Waals surface area (Å²) < 4.78 is 5.00. The number of fused-ring (bicyclic) bond motifs is 1. The van der Waals surface area contributed by atoms with Crippen molar-refractivity contribution < 1.29 is 9.53 Å². The molecule has 2 saturated heterocycles. The Morgan fingerprint density at radius 1 is 1.50 bits per heavy atom. The first-order valence-electron chi connectivity index (χ1n) is 6.82. The van der Waals surface area contributed by atoms with Crippen molar-refractivity contribution in [3.8, 4) is 0 Å². The average molecular weight is 246 g/mol. The Bertz CT molecular complexity index is 457. The molecule has 2 heterocycles. The summed E-state index contributed by atoms with van der Waals surface area (Å²) >= 11 is 0. The van der Waals surface area contributed by atoms with Crippen molar-refractivity contribution in [1.82, 2.24) is 10.2 Å². The predicted molar refractivity (Wildman–Crippen MR) is 67.1 cm³/mol. The summed E-state index contributed by atoms with van der Waals surface area (Å²) in [7, 11) is 0. The van der Waals surface area contributed by atoms with E-state index in [9.17, 15) is 4.79 Å². The molecule has 3 atom stereocenters. The minimum Gasteiger partial charge on any atom is -0.448 e. The molecule has 2 aliphatic carbocycles. The lowest BCUT2D eigenvalue weighted by Crippen LogP contribution is -2.35. The van der Waals surface area contributed by atoms with Crippen molar-refractivity contribution in [2.24, 2.45) is 11.3 Å². The molecule has 4 aliphatic rings. The third-order valence-corrected chi connectivity index (χ3v) is 4.91. The van der Waals surface area contributed by atoms with Gasteiger partial charge in [-0.1, -0.05) is 18.2 Å². The number of rotatable bonds is 2. The van der Waals surface area contributed by atoms with Crippen LogP contribution in [0.15, 0.2) is 23.8 Å². The minimum absolute atomic E-state index is 0.161. The molecule has 0 aromatic heterocycles. The molecule has 4 rings (SSSR count). The smallest absolute Gasteiger partial charge is 0.410 e. The first kappa shape index (κ1) is 10.6. The summed E-state index contributed by atoms with van der Waals surface area (Å²) in [5, 5.41) is 3.47. The van der Waals surface area contributed by atoms with Crippen LogP contribution in [0.4, 0.5) is 4.79 Å². The van der Waals surface area contributed by atoms with Crippen molar-refractivity contribution in [3.05, 3.63) is 23.8 Å². The van der Waals surface area contributed by atoms with Gasteiger partial charge in [-0.15, -0.1) is 0 Å². The Labute approximate surface area is 107 Å². The number of nitrogens with one attached hydrogen (secondary N) is 1. The number of cyclic esters (lactones) is 1. The van der Waals surface area contributed by atoms with E-state index in [1.54, 1.807) is 0 Å². The van der Waals surface area contributed by atoms with Crippen LogP contribution in [-0.2, 0) is 4.74 Å². The summed E-state index contributed by atoms with van der Waals surface area (Å²) in [4.78, 5) is 13.4. The van der Waals surface area contributed by atoms with Crippen LogP contribution in [0.2, 0.25) is 0 Å². The van der Waals surface area contributed by atoms with E-state index in [1.165, 1.54) is 18.5 Å². The van der Waals surface area contributed by atoms with Gasteiger partial charge in [0.2, 0.25) is 0 Å². The zero-order valence-corrected chi connectivity index (χ0v) is 10.4. The maximum atomic E-state index is 11.5. The summed E-state index contributed by atoms with van der Waals surface area (Å²) in [6.07, 6.45) is 8.88. The number of hydrogen-bond acceptors (Lipinski definition) is 3. The summed E-state index contributed by atoms with van der Waals surface area (Å²) in [5.74, 6) is 0.849. The molecule has 1 amide bonds. The van der Waals surface area contributed by atoms with Crippen LogP contribution >= 0.6 is 0 Å². The van der Waals surface area contributed by atoms with E-state index >= 15 is 0 Å². The highest BCUT2D eigenvalue weighted by molar-refractivity contribution is 5.70. The number of ether oxygens (including phenoxy) is 1. The fourth-order valence-corrected chi connectivity index (χ4v) is 3.71. The van der Waals surface area contributed by atoms with E-state index in [2.05, 4.69) is 23.5 Å². The lowest BCUT2D eigenvalue weighted by molar-refractivity contribution is 0.153. The Hall–Kier alpha value is -1.29. The second-order valence-corrected chi connectivity index (χ2v) is 5.82. The molecule has 4 nitrogen and oxygen atoms in total. The fraction of sp³-hybridized carbons (Fsp3) is 0.643. The van der Waals surface area contributed by atoms with E-state index in [4.69, 9.17) is 4.74 Å². The zero-order chi connectivity index (χ0) is 12.2. The van der Waals surface area contributed by atoms with Crippen LogP contribution in [0.3, 0.4) is 0 Å². The third-order valence-electron chi connectivity index (χ3n) is 4.91. The molecule has 2 aliphatic heterocycles. The van der Waals surface area contributed by atoms with Gasteiger partial charge >= 0.3 is 6.09 Å². The summed E-state index contributed by atoms with van der Waals surface area (Å²) in [6.45, 7) is 3.57. The van der Waals surface area contributed by atoms with Gasteiger partial charge in [0, 0.05) is 12.0 Å². The lowest BCUT2D eigenvalue weighted by atomic mass is 9.89. The molecular weight excluding hydrogens is 228 g/mol. The summed E-state index contributed by atoms with van der Waals surface area (Å²) in [6, 6.07) is 0.201. The number of piperidine rings is 1. The van der Waals surface area contributed by atoms with Crippen molar-refractivity contribution >= 4 is 6.09 Å². The molecular formula is C14H18N2O2. The highest BCUT2D eigenvalue weighted by Gasteiger charge is 2.58. The number of hydrogen-bond donors (Lipinski definition) is 1. The van der Waals surface area contributed by atoms with Gasteiger partial charge in [-0.05, 0) is 30.9 Å². The maximum absolute atomic E-state index is 11.5. The molecule has 0 spiro atoms. The topological polar surface area (TPSA) is 41.6 Å². The molecule has 18 heavy (non-hydrogen) atoms. The number of nitrogens with zero attached hydrogens (tertiary/aromatic N) is 1. The molecule has 4 heteroatoms. The van der Waals surface area contributed by atoms with E-state index in [0.717, 1.165) is 25.4 Å². The van der Waals surface area contributed by atoms with E-state index in [1.807, 2.05) is 4.90 Å². The number of allylic oxidation sites excluding steroid dienone is 1. The molecule has 96 valence electrons. The third kappa shape index (κ3) is 1.38. The Morgan fingerprint density at radius 3 is 3.00 bits per heavy atom. The fourth-order valence-electron chi connectivity index (χ4n) is 3.71. The van der Waals surface area contributed by atoms with E-state index in [0.29, 0.717) is 12.0 Å². The van der Waals surface area contributed by atoms with Crippen LogP contribution in [0.25, 0.3) is 0 Å². The van der Waals surface area contributed by atoms with Gasteiger partial charge in [-0.3, -0.25) is 4.90 Å². The first-order valence-corrected chi connectivity index (χ1v) is 6.82. The molecule has 1 saturated carbocycles. The van der Waals surface area contributed by atoms with Crippen LogP contribution in [0, 0.1) is 11.3 Å². The van der Waals surface area contributed by atoms with Gasteiger partial charge < -0.3 is 10.1 Å². The maximum Gasteiger partial charge on any atom is 0.410 e. The monoisotopic (exact) mass is 246 g/mol. The second-order valence-electron chi connectivity index (χ2n) is 5.82. The highest BCUT2D eigenvalue weighted by Crippen LogP contribution is 2.60. The van der Waals surface area contributed by atoms with Crippen molar-refractivity contribution in [2.45, 2.75) is 18.9 Å². The lowest BCUT2D eigenvalue weighted by Gasteiger charge is -2.26. The molecule has 0 aromatic rings. The van der Waals surface area contributed by atoms with Crippen molar-refractivity contribution in [3.63, 3.8) is 0 Å². The average Bonchev–Trinajstić information content (AvgIpc) is 2.74. The Balaban J connectivity index is 1.48. The molecule has 1 N–H and O–H groups in total. The van der Waals surface area contributed by atoms with E-state index in [-0.39, 0.29) is 12.1 Å². The molecule has 0 bridgehead atoms. The SMILES string of the molecule is O=C1OCCN1C1C=CC(C23CNCC2C3)=CC1. The number of carbonyl (C=O) groups is 1. The first-order chi connectivity index (χ1) is 8.79. The second kappa shape index (κ2) is 3.60. The molecule has 0 radical (unpaired) electrons. The summed E-state index contributed by atoms with van der Waals surface area (Å²) in [5.41, 5.74) is 1.92. The van der Waals surface area contributed by atoms with E-state index < -0.39 is 0 Å². The number of carbonyl (C=O) groups excluding carboxylic acids is 1. The van der Waals surface area contributed by atoms with Gasteiger partial charge in [0.05, 0.1) is 12.6 Å². The highest BCUT2D eigenvalue weighted by atomic mass is 16.6. The van der Waals surface area contributed by atoms with Crippen molar-refractivity contribution in [1.29, 1.82) is 0 Å². The van der Waals surface area contributed by atoms with Gasteiger partial charge in [0.25, 0.3) is 0 Å². The normalized spacial score (nSPS) is 41.7. The van der Waals surface area contributed by atoms with Crippen LogP contribution in [-0.4, -0.2) is 43.3 Å². The standard InChI is InChI=1S/C14H18N2O2/c17-13-16(5-6-18-13)12-3-1-10(2-4-12)14-7-11(14)8-15-9-14/h1-3,11-12,15H,4-9H2. The van der Waals surface area contributed by atoms with Crippen LogP contribution in [0.1, 0.15) is 12.8 Å². The molecule has 3 unspecified atom stereocenters. The quantitative estimate of drug-likeness (QED) is 0.798. The van der Waals surface area contributed by atoms with Gasteiger partial charge in [-0.2, -0.15) is 0 Å². The van der Waals surface area contributed by atoms with Crippen LogP contribution < -0.4 is 5.32 Å². The van der Waals surface area contributed by atoms with Gasteiger partial charge in [0.1, 0.15) is 6.61 Å². The van der Waals surface area contributed by atoms with Gasteiger partial charge in [0.15, 0.2) is 0 Å².